The van der Waals surface area contributed by atoms with Gasteiger partial charge in [0.05, 0.1) is 0 Å². The zero-order chi connectivity index (χ0) is 13.3. The molecular weight excluding hydrogens is 229 g/mol. The second-order valence-electron chi connectivity index (χ2n) is 5.26. The average Bonchev–Trinajstić information content (AvgIpc) is 2.45. The van der Waals surface area contributed by atoms with Gasteiger partial charge in [-0.25, -0.2) is 14.0 Å². The predicted molar refractivity (Wildman–Crippen MR) is 58.5 cm³/mol. The van der Waals surface area contributed by atoms with Crippen molar-refractivity contribution in [2.24, 2.45) is 0 Å². The first-order valence-corrected chi connectivity index (χ1v) is 5.56. The topological polar surface area (TPSA) is 75.6 Å². The fourth-order valence-corrected chi connectivity index (χ4v) is 1.88. The molecule has 6 heteroatoms. The smallest absolute Gasteiger partial charge is 0.408 e. The predicted octanol–water partition coefficient (Wildman–Crippen LogP) is 1.86. The van der Waals surface area contributed by atoms with Crippen molar-refractivity contribution in [3.05, 3.63) is 0 Å². The number of carboxylic acid groups (broad SMARTS) is 1. The number of amides is 1. The zero-order valence-corrected chi connectivity index (χ0v) is 10.2. The highest BCUT2D eigenvalue weighted by atomic mass is 19.1. The minimum atomic E-state index is -1.83. The van der Waals surface area contributed by atoms with Gasteiger partial charge in [-0.05, 0) is 40.0 Å². The number of carbonyl (C=O) groups is 2. The maximum atomic E-state index is 13.6. The second kappa shape index (κ2) is 4.50. The molecule has 1 aliphatic rings. The quantitative estimate of drug-likeness (QED) is 0.780. The second-order valence-corrected chi connectivity index (χ2v) is 5.26. The molecule has 1 fully saturated rings. The van der Waals surface area contributed by atoms with Crippen LogP contribution in [0, 0.1) is 0 Å². The van der Waals surface area contributed by atoms with E-state index in [1.54, 1.807) is 20.8 Å². The summed E-state index contributed by atoms with van der Waals surface area (Å²) in [4.78, 5) is 22.6. The number of carboxylic acids is 1. The summed E-state index contributed by atoms with van der Waals surface area (Å²) in [7, 11) is 0. The first-order chi connectivity index (χ1) is 7.67. The van der Waals surface area contributed by atoms with Gasteiger partial charge in [-0.15, -0.1) is 0 Å². The molecule has 98 valence electrons. The lowest BCUT2D eigenvalue weighted by molar-refractivity contribution is -0.147. The molecule has 1 saturated carbocycles. The Kier molecular flexibility index (Phi) is 3.64. The van der Waals surface area contributed by atoms with Gasteiger partial charge in [-0.2, -0.15) is 0 Å². The number of hydrogen-bond donors (Lipinski definition) is 2. The first-order valence-electron chi connectivity index (χ1n) is 5.56. The van der Waals surface area contributed by atoms with Crippen LogP contribution >= 0.6 is 0 Å². The van der Waals surface area contributed by atoms with E-state index in [1.807, 2.05) is 0 Å². The monoisotopic (exact) mass is 247 g/mol. The largest absolute Gasteiger partial charge is 0.479 e. The SMILES string of the molecule is CC(C)(C)OC(=O)N[C@@]1(C(=O)O)CCC[C@@H]1F. The maximum Gasteiger partial charge on any atom is 0.408 e. The Morgan fingerprint density at radius 2 is 2.06 bits per heavy atom. The summed E-state index contributed by atoms with van der Waals surface area (Å²) in [5.41, 5.74) is -2.57. The highest BCUT2D eigenvalue weighted by Crippen LogP contribution is 2.33. The van der Waals surface area contributed by atoms with E-state index in [4.69, 9.17) is 9.84 Å². The van der Waals surface area contributed by atoms with Crippen molar-refractivity contribution in [3.63, 3.8) is 0 Å². The number of halogens is 1. The van der Waals surface area contributed by atoms with Crippen LogP contribution in [0.25, 0.3) is 0 Å². The normalized spacial score (nSPS) is 28.8. The minimum absolute atomic E-state index is 0.0861. The Morgan fingerprint density at radius 3 is 2.41 bits per heavy atom. The summed E-state index contributed by atoms with van der Waals surface area (Å²) in [5.74, 6) is -1.35. The maximum absolute atomic E-state index is 13.6. The fourth-order valence-electron chi connectivity index (χ4n) is 1.88. The van der Waals surface area contributed by atoms with E-state index in [2.05, 4.69) is 5.32 Å². The van der Waals surface area contributed by atoms with E-state index in [0.717, 1.165) is 0 Å². The molecule has 0 aromatic rings. The molecule has 0 aromatic heterocycles. The molecule has 17 heavy (non-hydrogen) atoms. The van der Waals surface area contributed by atoms with Gasteiger partial charge in [-0.3, -0.25) is 0 Å². The van der Waals surface area contributed by atoms with Crippen molar-refractivity contribution in [1.82, 2.24) is 5.32 Å². The van der Waals surface area contributed by atoms with Crippen molar-refractivity contribution < 1.29 is 23.8 Å². The summed E-state index contributed by atoms with van der Waals surface area (Å²) in [6.45, 7) is 4.96. The van der Waals surface area contributed by atoms with E-state index < -0.39 is 29.4 Å². The van der Waals surface area contributed by atoms with E-state index in [0.29, 0.717) is 6.42 Å². The molecular formula is C11H18FNO4. The lowest BCUT2D eigenvalue weighted by atomic mass is 9.96. The third-order valence-corrected chi connectivity index (χ3v) is 2.67. The molecule has 1 aliphatic carbocycles. The number of hydrogen-bond acceptors (Lipinski definition) is 3. The lowest BCUT2D eigenvalue weighted by Gasteiger charge is -2.29. The molecule has 1 rings (SSSR count). The summed E-state index contributed by atoms with van der Waals surface area (Å²) in [5, 5.41) is 11.2. The molecule has 0 aromatic carbocycles. The van der Waals surface area contributed by atoms with Crippen molar-refractivity contribution in [3.8, 4) is 0 Å². The number of nitrogens with one attached hydrogen (secondary N) is 1. The Bertz CT molecular complexity index is 326. The van der Waals surface area contributed by atoms with Gasteiger partial charge in [0.25, 0.3) is 0 Å². The van der Waals surface area contributed by atoms with Crippen LogP contribution < -0.4 is 5.32 Å². The van der Waals surface area contributed by atoms with Crippen LogP contribution in [0.5, 0.6) is 0 Å². The van der Waals surface area contributed by atoms with Crippen LogP contribution in [0.3, 0.4) is 0 Å². The van der Waals surface area contributed by atoms with Gasteiger partial charge in [-0.1, -0.05) is 0 Å². The Hall–Kier alpha value is -1.33. The van der Waals surface area contributed by atoms with E-state index >= 15 is 0 Å². The lowest BCUT2D eigenvalue weighted by Crippen LogP contribution is -2.58. The molecule has 0 bridgehead atoms. The standard InChI is InChI=1S/C11H18FNO4/c1-10(2,3)17-9(16)13-11(8(14)15)6-4-5-7(11)12/h7H,4-6H2,1-3H3,(H,13,16)(H,14,15)/t7-,11-/m0/s1. The Morgan fingerprint density at radius 1 is 1.47 bits per heavy atom. The number of rotatable bonds is 2. The molecule has 0 radical (unpaired) electrons. The average molecular weight is 247 g/mol. The molecule has 0 unspecified atom stereocenters. The van der Waals surface area contributed by atoms with Gasteiger partial charge >= 0.3 is 12.1 Å². The molecule has 5 nitrogen and oxygen atoms in total. The molecule has 2 N–H and O–H groups in total. The molecule has 0 heterocycles. The van der Waals surface area contributed by atoms with E-state index in [-0.39, 0.29) is 12.8 Å². The van der Waals surface area contributed by atoms with Crippen LogP contribution in [-0.2, 0) is 9.53 Å². The molecule has 0 saturated heterocycles. The van der Waals surface area contributed by atoms with Crippen LogP contribution in [0.2, 0.25) is 0 Å². The van der Waals surface area contributed by atoms with Gasteiger partial charge in [0.1, 0.15) is 11.8 Å². The van der Waals surface area contributed by atoms with Crippen molar-refractivity contribution >= 4 is 12.1 Å². The molecule has 0 aliphatic heterocycles. The minimum Gasteiger partial charge on any atom is -0.479 e. The summed E-state index contributed by atoms with van der Waals surface area (Å²) >= 11 is 0. The van der Waals surface area contributed by atoms with E-state index in [9.17, 15) is 14.0 Å². The highest BCUT2D eigenvalue weighted by molar-refractivity contribution is 5.85. The number of aliphatic carboxylic acids is 1. The first kappa shape index (κ1) is 13.7. The van der Waals surface area contributed by atoms with Crippen LogP contribution in [0.1, 0.15) is 40.0 Å². The molecule has 1 amide bonds. The van der Waals surface area contributed by atoms with Crippen molar-refractivity contribution in [2.45, 2.75) is 57.3 Å². The number of carbonyl (C=O) groups excluding carboxylic acids is 1. The Balaban J connectivity index is 2.75. The molecule has 0 spiro atoms. The van der Waals surface area contributed by atoms with Gasteiger partial charge in [0.15, 0.2) is 5.54 Å². The van der Waals surface area contributed by atoms with Crippen molar-refractivity contribution in [1.29, 1.82) is 0 Å². The summed E-state index contributed by atoms with van der Waals surface area (Å²) < 4.78 is 18.6. The summed E-state index contributed by atoms with van der Waals surface area (Å²) in [6.07, 6.45) is -1.81. The number of ether oxygens (including phenoxy) is 1. The van der Waals surface area contributed by atoms with Crippen molar-refractivity contribution in [2.75, 3.05) is 0 Å². The number of alkyl halides is 1. The van der Waals surface area contributed by atoms with Gasteiger partial charge < -0.3 is 15.2 Å². The van der Waals surface area contributed by atoms with Crippen LogP contribution in [0.4, 0.5) is 9.18 Å². The number of alkyl carbamates (subject to hydrolysis) is 1. The highest BCUT2D eigenvalue weighted by Gasteiger charge is 2.52. The van der Waals surface area contributed by atoms with Crippen LogP contribution in [0.15, 0.2) is 0 Å². The van der Waals surface area contributed by atoms with Gasteiger partial charge in [0, 0.05) is 0 Å². The Labute approximate surface area is 99.3 Å². The zero-order valence-electron chi connectivity index (χ0n) is 10.2. The summed E-state index contributed by atoms with van der Waals surface area (Å²) in [6, 6.07) is 0. The van der Waals surface area contributed by atoms with E-state index in [1.165, 1.54) is 0 Å². The van der Waals surface area contributed by atoms with Gasteiger partial charge in [0.2, 0.25) is 0 Å². The molecule has 2 atom stereocenters. The fraction of sp³-hybridized carbons (Fsp3) is 0.818. The third kappa shape index (κ3) is 3.08. The van der Waals surface area contributed by atoms with Crippen LogP contribution in [-0.4, -0.2) is 34.5 Å². The third-order valence-electron chi connectivity index (χ3n) is 2.67.